The highest BCUT2D eigenvalue weighted by molar-refractivity contribution is 5.79. The molecular weight excluding hydrogens is 273 g/mol. The number of halogens is 3. The molecule has 1 aromatic heterocycles. The van der Waals surface area contributed by atoms with Crippen molar-refractivity contribution in [1.82, 2.24) is 10.3 Å². The van der Waals surface area contributed by atoms with E-state index in [-0.39, 0.29) is 29.7 Å². The van der Waals surface area contributed by atoms with Crippen LogP contribution < -0.4 is 5.32 Å². The van der Waals surface area contributed by atoms with Gasteiger partial charge in [-0.25, -0.2) is 4.98 Å². The minimum absolute atomic E-state index is 0.0919. The molecule has 110 valence electrons. The lowest BCUT2D eigenvalue weighted by Crippen LogP contribution is -2.33. The highest BCUT2D eigenvalue weighted by Gasteiger charge is 2.51. The van der Waals surface area contributed by atoms with Crippen molar-refractivity contribution >= 4 is 5.91 Å². The number of nitrogens with one attached hydrogen (secondary N) is 1. The number of carbonyl (C=O) groups excluding carboxylic acids is 1. The van der Waals surface area contributed by atoms with Crippen LogP contribution in [-0.2, 0) is 22.1 Å². The predicted molar refractivity (Wildman–Crippen MR) is 64.9 cm³/mol. The lowest BCUT2D eigenvalue weighted by Gasteiger charge is -2.10. The number of ether oxygens (including phenoxy) is 1. The molecule has 0 bridgehead atoms. The fraction of sp³-hybridized carbons (Fsp3) is 0.538. The first-order valence-corrected chi connectivity index (χ1v) is 6.12. The van der Waals surface area contributed by atoms with Crippen LogP contribution in [0.15, 0.2) is 18.2 Å². The molecule has 0 spiro atoms. The van der Waals surface area contributed by atoms with Crippen LogP contribution in [0.25, 0.3) is 0 Å². The standard InChI is InChI=1S/C13H15F3N2O2/c1-12(20-2)7-10(12)18-11(19)6-8-4-3-5-9(17-8)13(14,15)16/h3-5,10H,6-7H2,1-2H3,(H,18,19)/t10-,12+/m1/s1. The third kappa shape index (κ3) is 3.27. The third-order valence-electron chi connectivity index (χ3n) is 3.43. The highest BCUT2D eigenvalue weighted by atomic mass is 19.4. The van der Waals surface area contributed by atoms with E-state index in [1.165, 1.54) is 12.1 Å². The molecular formula is C13H15F3N2O2. The van der Waals surface area contributed by atoms with Gasteiger partial charge >= 0.3 is 6.18 Å². The van der Waals surface area contributed by atoms with Gasteiger partial charge in [0.25, 0.3) is 0 Å². The smallest absolute Gasteiger partial charge is 0.376 e. The molecule has 0 aromatic carbocycles. The van der Waals surface area contributed by atoms with Crippen LogP contribution in [0.1, 0.15) is 24.7 Å². The Morgan fingerprint density at radius 3 is 2.80 bits per heavy atom. The summed E-state index contributed by atoms with van der Waals surface area (Å²) in [7, 11) is 1.56. The summed E-state index contributed by atoms with van der Waals surface area (Å²) in [5.74, 6) is -0.359. The second-order valence-electron chi connectivity index (χ2n) is 5.03. The Bertz CT molecular complexity index is 519. The zero-order chi connectivity index (χ0) is 15.0. The minimum atomic E-state index is -4.50. The maximum Gasteiger partial charge on any atom is 0.433 e. The number of aromatic nitrogens is 1. The first-order chi connectivity index (χ1) is 9.24. The Morgan fingerprint density at radius 1 is 1.55 bits per heavy atom. The summed E-state index contributed by atoms with van der Waals surface area (Å²) in [4.78, 5) is 15.2. The van der Waals surface area contributed by atoms with Gasteiger partial charge < -0.3 is 10.1 Å². The van der Waals surface area contributed by atoms with Crippen LogP contribution in [0.4, 0.5) is 13.2 Å². The van der Waals surface area contributed by atoms with Gasteiger partial charge in [-0.15, -0.1) is 0 Å². The van der Waals surface area contributed by atoms with Gasteiger partial charge in [0.1, 0.15) is 5.69 Å². The van der Waals surface area contributed by atoms with Crippen LogP contribution in [0.2, 0.25) is 0 Å². The topological polar surface area (TPSA) is 51.2 Å². The van der Waals surface area contributed by atoms with Gasteiger partial charge in [-0.3, -0.25) is 4.79 Å². The molecule has 1 fully saturated rings. The zero-order valence-corrected chi connectivity index (χ0v) is 11.1. The number of alkyl halides is 3. The number of hydrogen-bond acceptors (Lipinski definition) is 3. The molecule has 1 saturated carbocycles. The molecule has 1 N–H and O–H groups in total. The van der Waals surface area contributed by atoms with E-state index in [0.717, 1.165) is 6.07 Å². The number of carbonyl (C=O) groups is 1. The minimum Gasteiger partial charge on any atom is -0.376 e. The molecule has 0 unspecified atom stereocenters. The summed E-state index contributed by atoms with van der Waals surface area (Å²) in [5.41, 5.74) is -1.26. The van der Waals surface area contributed by atoms with Crippen molar-refractivity contribution in [3.8, 4) is 0 Å². The number of hydrogen-bond donors (Lipinski definition) is 1. The number of methoxy groups -OCH3 is 1. The first kappa shape index (κ1) is 14.8. The van der Waals surface area contributed by atoms with Crippen LogP contribution in [-0.4, -0.2) is 29.6 Å². The van der Waals surface area contributed by atoms with Crippen LogP contribution in [0, 0.1) is 0 Å². The second kappa shape index (κ2) is 5.05. The van der Waals surface area contributed by atoms with Gasteiger partial charge in [0, 0.05) is 13.5 Å². The molecule has 4 nitrogen and oxygen atoms in total. The van der Waals surface area contributed by atoms with Gasteiger partial charge in [0.15, 0.2) is 0 Å². The average molecular weight is 288 g/mol. The number of pyridine rings is 1. The van der Waals surface area contributed by atoms with Gasteiger partial charge in [-0.1, -0.05) is 6.07 Å². The molecule has 1 amide bonds. The van der Waals surface area contributed by atoms with Crippen molar-refractivity contribution in [3.63, 3.8) is 0 Å². The average Bonchev–Trinajstić information content (AvgIpc) is 2.99. The molecule has 2 rings (SSSR count). The normalized spacial score (nSPS) is 25.4. The quantitative estimate of drug-likeness (QED) is 0.921. The molecule has 2 atom stereocenters. The van der Waals surface area contributed by atoms with Crippen molar-refractivity contribution in [3.05, 3.63) is 29.6 Å². The maximum atomic E-state index is 12.5. The summed E-state index contributed by atoms with van der Waals surface area (Å²) >= 11 is 0. The summed E-state index contributed by atoms with van der Waals surface area (Å²) in [6.45, 7) is 1.86. The lowest BCUT2D eigenvalue weighted by molar-refractivity contribution is -0.141. The van der Waals surface area contributed by atoms with E-state index in [9.17, 15) is 18.0 Å². The van der Waals surface area contributed by atoms with E-state index in [4.69, 9.17) is 4.74 Å². The molecule has 1 aromatic rings. The van der Waals surface area contributed by atoms with E-state index in [1.807, 2.05) is 6.92 Å². The molecule has 1 aliphatic rings. The van der Waals surface area contributed by atoms with E-state index in [1.54, 1.807) is 7.11 Å². The number of amides is 1. The fourth-order valence-corrected chi connectivity index (χ4v) is 1.92. The fourth-order valence-electron chi connectivity index (χ4n) is 1.92. The Morgan fingerprint density at radius 2 is 2.25 bits per heavy atom. The SMILES string of the molecule is CO[C@@]1(C)C[C@H]1NC(=O)Cc1cccc(C(F)(F)F)n1. The number of rotatable bonds is 4. The summed E-state index contributed by atoms with van der Waals surface area (Å²) < 4.78 is 42.7. The van der Waals surface area contributed by atoms with Crippen molar-refractivity contribution < 1.29 is 22.7 Å². The first-order valence-electron chi connectivity index (χ1n) is 6.12. The Hall–Kier alpha value is -1.63. The van der Waals surface area contributed by atoms with Gasteiger partial charge in [-0.2, -0.15) is 13.2 Å². The van der Waals surface area contributed by atoms with E-state index in [0.29, 0.717) is 6.42 Å². The number of nitrogens with zero attached hydrogens (tertiary/aromatic N) is 1. The van der Waals surface area contributed by atoms with Crippen LogP contribution in [0.3, 0.4) is 0 Å². The molecule has 7 heteroatoms. The molecule has 20 heavy (non-hydrogen) atoms. The Kier molecular flexibility index (Phi) is 3.73. The Labute approximate surface area is 114 Å². The summed E-state index contributed by atoms with van der Waals surface area (Å²) in [6.07, 6.45) is -3.98. The summed E-state index contributed by atoms with van der Waals surface area (Å²) in [5, 5.41) is 2.72. The van der Waals surface area contributed by atoms with Crippen molar-refractivity contribution in [1.29, 1.82) is 0 Å². The molecule has 0 radical (unpaired) electrons. The van der Waals surface area contributed by atoms with Crippen LogP contribution >= 0.6 is 0 Å². The summed E-state index contributed by atoms with van der Waals surface area (Å²) in [6, 6.07) is 3.43. The molecule has 1 heterocycles. The molecule has 1 aliphatic carbocycles. The van der Waals surface area contributed by atoms with Gasteiger partial charge in [0.2, 0.25) is 5.91 Å². The van der Waals surface area contributed by atoms with Gasteiger partial charge in [0.05, 0.1) is 23.8 Å². The maximum absolute atomic E-state index is 12.5. The molecule has 0 saturated heterocycles. The second-order valence-corrected chi connectivity index (χ2v) is 5.03. The predicted octanol–water partition coefficient (Wildman–Crippen LogP) is 1.94. The monoisotopic (exact) mass is 288 g/mol. The van der Waals surface area contributed by atoms with E-state index >= 15 is 0 Å². The van der Waals surface area contributed by atoms with Crippen molar-refractivity contribution in [2.45, 2.75) is 37.6 Å². The largest absolute Gasteiger partial charge is 0.433 e. The zero-order valence-electron chi connectivity index (χ0n) is 11.1. The molecule has 0 aliphatic heterocycles. The van der Waals surface area contributed by atoms with E-state index in [2.05, 4.69) is 10.3 Å². The van der Waals surface area contributed by atoms with Crippen molar-refractivity contribution in [2.24, 2.45) is 0 Å². The van der Waals surface area contributed by atoms with Crippen LogP contribution in [0.5, 0.6) is 0 Å². The van der Waals surface area contributed by atoms with Crippen molar-refractivity contribution in [2.75, 3.05) is 7.11 Å². The highest BCUT2D eigenvalue weighted by Crippen LogP contribution is 2.38. The van der Waals surface area contributed by atoms with E-state index < -0.39 is 11.9 Å². The lowest BCUT2D eigenvalue weighted by atomic mass is 10.2. The Balaban J connectivity index is 1.95. The van der Waals surface area contributed by atoms with Gasteiger partial charge in [-0.05, 0) is 19.1 Å². The third-order valence-corrected chi connectivity index (χ3v) is 3.43.